The summed E-state index contributed by atoms with van der Waals surface area (Å²) in [5.74, 6) is -0.572. The highest BCUT2D eigenvalue weighted by Crippen LogP contribution is 2.16. The van der Waals surface area contributed by atoms with Crippen LogP contribution < -0.4 is 5.32 Å². The average Bonchev–Trinajstić information content (AvgIpc) is 3.28. The van der Waals surface area contributed by atoms with E-state index in [-0.39, 0.29) is 24.9 Å². The van der Waals surface area contributed by atoms with Crippen molar-refractivity contribution in [3.8, 4) is 0 Å². The minimum absolute atomic E-state index is 0.0265. The highest BCUT2D eigenvalue weighted by atomic mass is 16.5. The molecular formula is C57H95NO5. The van der Waals surface area contributed by atoms with Crippen LogP contribution in [-0.4, -0.2) is 46.9 Å². The molecule has 0 heterocycles. The molecule has 358 valence electrons. The molecular weight excluding hydrogens is 779 g/mol. The number of carbonyl (C=O) groups excluding carboxylic acids is 2. The second-order valence-electron chi connectivity index (χ2n) is 17.0. The Morgan fingerprint density at radius 3 is 1.48 bits per heavy atom. The van der Waals surface area contributed by atoms with Gasteiger partial charge in [0.25, 0.3) is 0 Å². The monoisotopic (exact) mass is 874 g/mol. The van der Waals surface area contributed by atoms with Crippen LogP contribution in [0.2, 0.25) is 0 Å². The smallest absolute Gasteiger partial charge is 0.306 e. The van der Waals surface area contributed by atoms with Gasteiger partial charge < -0.3 is 20.3 Å². The highest BCUT2D eigenvalue weighted by molar-refractivity contribution is 5.77. The summed E-state index contributed by atoms with van der Waals surface area (Å²) in [5, 5.41) is 23.7. The summed E-state index contributed by atoms with van der Waals surface area (Å²) < 4.78 is 5.90. The number of rotatable bonds is 44. The molecule has 0 bridgehead atoms. The predicted octanol–water partition coefficient (Wildman–Crippen LogP) is 15.5. The number of allylic oxidation sites excluding steroid dienone is 18. The lowest BCUT2D eigenvalue weighted by Gasteiger charge is -2.24. The number of hydrogen-bond acceptors (Lipinski definition) is 5. The van der Waals surface area contributed by atoms with E-state index in [1.54, 1.807) is 0 Å². The number of unbranched alkanes of at least 4 members (excludes halogenated alkanes) is 19. The van der Waals surface area contributed by atoms with Crippen LogP contribution in [0.1, 0.15) is 213 Å². The largest absolute Gasteiger partial charge is 0.462 e. The van der Waals surface area contributed by atoms with E-state index in [2.05, 4.69) is 80.8 Å². The summed E-state index contributed by atoms with van der Waals surface area (Å²) in [6.07, 6.45) is 67.1. The number of ether oxygens (including phenoxy) is 1. The number of hydrogen-bond donors (Lipinski definition) is 3. The molecule has 0 aliphatic heterocycles. The minimum Gasteiger partial charge on any atom is -0.462 e. The summed E-state index contributed by atoms with van der Waals surface area (Å²) in [5.41, 5.74) is 0. The highest BCUT2D eigenvalue weighted by Gasteiger charge is 2.24. The predicted molar refractivity (Wildman–Crippen MR) is 273 cm³/mol. The molecule has 0 aliphatic carbocycles. The van der Waals surface area contributed by atoms with Crippen LogP contribution in [0.4, 0.5) is 0 Å². The summed E-state index contributed by atoms with van der Waals surface area (Å²) in [6.45, 7) is 6.27. The zero-order valence-electron chi connectivity index (χ0n) is 40.7. The number of aliphatic hydroxyl groups excluding tert-OH is 2. The standard InChI is InChI=1S/C57H95NO5/c1-4-7-10-13-16-19-22-25-27-28-30-32-35-38-41-44-47-50-57(62)63-53(48-45-42-39-36-33-31-29-26-23-20-17-14-11-8-5-2)51-56(61)58-54(52-59)55(60)49-46-43-40-37-34-24-21-18-15-12-9-6-3/h7,10,13,16-17,19-20,22,25-30,32-33,35-36,53-55,59-60H,4-6,8-9,11-12,14-15,18,21,23-24,31,34,37-52H2,1-3H3,(H,58,61)/b10-7-,16-13+,20-17-,22-19+,27-25-,29-26-,30-28+,35-32+,36-33-. The third-order valence-electron chi connectivity index (χ3n) is 11.0. The van der Waals surface area contributed by atoms with Crippen molar-refractivity contribution in [2.24, 2.45) is 0 Å². The normalized spacial score (nSPS) is 14.2. The topological polar surface area (TPSA) is 95.9 Å². The molecule has 3 unspecified atom stereocenters. The number of nitrogens with one attached hydrogen (secondary N) is 1. The van der Waals surface area contributed by atoms with Crippen LogP contribution in [0.5, 0.6) is 0 Å². The van der Waals surface area contributed by atoms with Crippen LogP contribution in [0.15, 0.2) is 109 Å². The first-order chi connectivity index (χ1) is 31.0. The van der Waals surface area contributed by atoms with Gasteiger partial charge in [-0.25, -0.2) is 0 Å². The van der Waals surface area contributed by atoms with Crippen molar-refractivity contribution in [2.45, 2.75) is 232 Å². The van der Waals surface area contributed by atoms with Gasteiger partial charge in [0, 0.05) is 6.42 Å². The number of carbonyl (C=O) groups is 2. The Hall–Kier alpha value is -3.48. The first-order valence-corrected chi connectivity index (χ1v) is 25.7. The number of aliphatic hydroxyl groups is 2. The summed E-state index contributed by atoms with van der Waals surface area (Å²) in [7, 11) is 0. The minimum atomic E-state index is -0.812. The lowest BCUT2D eigenvalue weighted by atomic mass is 10.0. The molecule has 0 spiro atoms. The molecule has 0 fully saturated rings. The van der Waals surface area contributed by atoms with E-state index in [4.69, 9.17) is 4.74 Å². The van der Waals surface area contributed by atoms with Gasteiger partial charge in [0.1, 0.15) is 6.10 Å². The first-order valence-electron chi connectivity index (χ1n) is 25.7. The van der Waals surface area contributed by atoms with Crippen LogP contribution in [-0.2, 0) is 14.3 Å². The zero-order valence-corrected chi connectivity index (χ0v) is 40.7. The molecule has 0 radical (unpaired) electrons. The summed E-state index contributed by atoms with van der Waals surface area (Å²) in [6, 6.07) is -0.730. The molecule has 6 nitrogen and oxygen atoms in total. The fourth-order valence-electron chi connectivity index (χ4n) is 7.11. The van der Waals surface area contributed by atoms with E-state index in [9.17, 15) is 19.8 Å². The van der Waals surface area contributed by atoms with Gasteiger partial charge in [-0.15, -0.1) is 0 Å². The molecule has 3 atom stereocenters. The second kappa shape index (κ2) is 49.5. The van der Waals surface area contributed by atoms with Gasteiger partial charge >= 0.3 is 5.97 Å². The van der Waals surface area contributed by atoms with E-state index < -0.39 is 18.2 Å². The lowest BCUT2D eigenvalue weighted by molar-refractivity contribution is -0.151. The molecule has 0 rings (SSSR count). The van der Waals surface area contributed by atoms with Gasteiger partial charge in [-0.3, -0.25) is 9.59 Å². The third-order valence-corrected chi connectivity index (χ3v) is 11.0. The molecule has 63 heavy (non-hydrogen) atoms. The Kier molecular flexibility index (Phi) is 46.8. The Balaban J connectivity index is 4.78. The first kappa shape index (κ1) is 59.5. The van der Waals surface area contributed by atoms with Gasteiger partial charge in [-0.2, -0.15) is 0 Å². The average molecular weight is 874 g/mol. The van der Waals surface area contributed by atoms with Crippen molar-refractivity contribution < 1.29 is 24.5 Å². The second-order valence-corrected chi connectivity index (χ2v) is 17.0. The molecule has 6 heteroatoms. The van der Waals surface area contributed by atoms with Crippen LogP contribution in [0.3, 0.4) is 0 Å². The van der Waals surface area contributed by atoms with Crippen LogP contribution in [0.25, 0.3) is 0 Å². The zero-order chi connectivity index (χ0) is 45.9. The number of esters is 1. The van der Waals surface area contributed by atoms with E-state index >= 15 is 0 Å². The molecule has 0 aromatic rings. The fourth-order valence-corrected chi connectivity index (χ4v) is 7.11. The molecule has 0 saturated heterocycles. The van der Waals surface area contributed by atoms with E-state index in [1.807, 2.05) is 54.7 Å². The van der Waals surface area contributed by atoms with Crippen molar-refractivity contribution >= 4 is 11.9 Å². The quantitative estimate of drug-likeness (QED) is 0.0245. The van der Waals surface area contributed by atoms with Gasteiger partial charge in [0.2, 0.25) is 5.91 Å². The van der Waals surface area contributed by atoms with Crippen molar-refractivity contribution in [3.63, 3.8) is 0 Å². The van der Waals surface area contributed by atoms with Crippen molar-refractivity contribution in [1.82, 2.24) is 5.32 Å². The SMILES string of the molecule is CC\C=C/C=C/C=C/C=C\C=C\C=C\CCCCCC(=O)OC(CCCC/C=C\C/C=C\C/C=C\CCCCC)CC(=O)NC(CO)C(O)CCCCCCCCCCCCCC. The van der Waals surface area contributed by atoms with Crippen molar-refractivity contribution in [3.05, 3.63) is 109 Å². The van der Waals surface area contributed by atoms with Crippen LogP contribution >= 0.6 is 0 Å². The Labute approximate surface area is 388 Å². The third kappa shape index (κ3) is 44.9. The Morgan fingerprint density at radius 2 is 0.921 bits per heavy atom. The van der Waals surface area contributed by atoms with E-state index in [0.29, 0.717) is 19.3 Å². The molecule has 0 saturated carbocycles. The Morgan fingerprint density at radius 1 is 0.492 bits per heavy atom. The summed E-state index contributed by atoms with van der Waals surface area (Å²) >= 11 is 0. The van der Waals surface area contributed by atoms with E-state index in [0.717, 1.165) is 83.5 Å². The molecule has 0 aromatic heterocycles. The van der Waals surface area contributed by atoms with Gasteiger partial charge in [-0.05, 0) is 83.5 Å². The molecule has 0 aliphatic rings. The lowest BCUT2D eigenvalue weighted by Crippen LogP contribution is -2.46. The Bertz CT molecular complexity index is 1300. The summed E-state index contributed by atoms with van der Waals surface area (Å²) in [4.78, 5) is 26.1. The van der Waals surface area contributed by atoms with Crippen molar-refractivity contribution in [1.29, 1.82) is 0 Å². The van der Waals surface area contributed by atoms with Crippen LogP contribution in [0, 0.1) is 0 Å². The number of amides is 1. The molecule has 0 aromatic carbocycles. The maximum Gasteiger partial charge on any atom is 0.306 e. The van der Waals surface area contributed by atoms with Gasteiger partial charge in [0.15, 0.2) is 0 Å². The van der Waals surface area contributed by atoms with Gasteiger partial charge in [0.05, 0.1) is 25.2 Å². The maximum absolute atomic E-state index is 13.2. The maximum atomic E-state index is 13.2. The molecule has 1 amide bonds. The fraction of sp³-hybridized carbons (Fsp3) is 0.649. The van der Waals surface area contributed by atoms with Crippen molar-refractivity contribution in [2.75, 3.05) is 6.61 Å². The van der Waals surface area contributed by atoms with E-state index in [1.165, 1.54) is 83.5 Å². The molecule has 3 N–H and O–H groups in total. The van der Waals surface area contributed by atoms with Gasteiger partial charge in [-0.1, -0.05) is 226 Å².